The van der Waals surface area contributed by atoms with E-state index in [2.05, 4.69) is 15.0 Å². The van der Waals surface area contributed by atoms with Crippen molar-refractivity contribution in [2.45, 2.75) is 18.8 Å². The molecular formula is C18H16F2N4O. The number of nitrogens with zero attached hydrogens (tertiary/aromatic N) is 3. The second-order valence-electron chi connectivity index (χ2n) is 6.18. The predicted octanol–water partition coefficient (Wildman–Crippen LogP) is 3.53. The number of pyridine rings is 1. The van der Waals surface area contributed by atoms with Crippen molar-refractivity contribution in [2.75, 3.05) is 13.1 Å². The largest absolute Gasteiger partial charge is 0.338 e. The first-order valence-electron chi connectivity index (χ1n) is 8.09. The fraction of sp³-hybridized carbons (Fsp3) is 0.278. The van der Waals surface area contributed by atoms with Crippen LogP contribution in [0, 0.1) is 0 Å². The van der Waals surface area contributed by atoms with E-state index in [1.165, 1.54) is 0 Å². The molecule has 0 spiro atoms. The normalized spacial score (nSPS) is 17.6. The number of aromatic nitrogens is 3. The zero-order valence-electron chi connectivity index (χ0n) is 13.3. The zero-order chi connectivity index (χ0) is 17.4. The van der Waals surface area contributed by atoms with Crippen LogP contribution in [0.15, 0.2) is 42.7 Å². The summed E-state index contributed by atoms with van der Waals surface area (Å²) in [6.45, 7) is 1.30. The van der Waals surface area contributed by atoms with Crippen molar-refractivity contribution in [1.82, 2.24) is 19.9 Å². The third-order valence-electron chi connectivity index (χ3n) is 4.59. The summed E-state index contributed by atoms with van der Waals surface area (Å²) < 4.78 is 25.5. The maximum Gasteiger partial charge on any atom is 0.295 e. The molecule has 1 N–H and O–H groups in total. The average molecular weight is 342 g/mol. The molecule has 5 nitrogen and oxygen atoms in total. The molecule has 4 rings (SSSR count). The Bertz CT molecular complexity index is 910. The van der Waals surface area contributed by atoms with Crippen molar-refractivity contribution in [3.8, 4) is 0 Å². The number of H-pyrrole nitrogens is 1. The van der Waals surface area contributed by atoms with E-state index in [-0.39, 0.29) is 17.6 Å². The molecule has 3 heterocycles. The highest BCUT2D eigenvalue weighted by molar-refractivity contribution is 5.97. The molecule has 1 unspecified atom stereocenters. The molecule has 1 aliphatic heterocycles. The highest BCUT2D eigenvalue weighted by atomic mass is 19.3. The van der Waals surface area contributed by atoms with Crippen molar-refractivity contribution in [3.63, 3.8) is 0 Å². The fourth-order valence-electron chi connectivity index (χ4n) is 3.28. The van der Waals surface area contributed by atoms with Crippen LogP contribution in [0.2, 0.25) is 0 Å². The summed E-state index contributed by atoms with van der Waals surface area (Å²) in [4.78, 5) is 25.1. The molecule has 128 valence electrons. The molecule has 1 saturated heterocycles. The van der Waals surface area contributed by atoms with Gasteiger partial charge in [-0.05, 0) is 36.2 Å². The lowest BCUT2D eigenvalue weighted by Crippen LogP contribution is -2.28. The molecule has 1 atom stereocenters. The SMILES string of the molecule is O=C(c1ccc2nc(C(F)F)[nH]c2c1)N1CCC(c2cccnc2)C1. The summed E-state index contributed by atoms with van der Waals surface area (Å²) in [5.74, 6) is -0.196. The van der Waals surface area contributed by atoms with Crippen LogP contribution in [-0.2, 0) is 0 Å². The topological polar surface area (TPSA) is 61.9 Å². The van der Waals surface area contributed by atoms with Crippen LogP contribution in [0.5, 0.6) is 0 Å². The van der Waals surface area contributed by atoms with E-state index in [0.29, 0.717) is 29.7 Å². The van der Waals surface area contributed by atoms with E-state index >= 15 is 0 Å². The molecule has 3 aromatic rings. The van der Waals surface area contributed by atoms with Gasteiger partial charge in [-0.3, -0.25) is 9.78 Å². The zero-order valence-corrected chi connectivity index (χ0v) is 13.3. The standard InChI is InChI=1S/C18H16F2N4O/c19-16(20)17-22-14-4-3-11(8-15(14)23-17)18(25)24-7-5-13(10-24)12-2-1-6-21-9-12/h1-4,6,8-9,13,16H,5,7,10H2,(H,22,23). The van der Waals surface area contributed by atoms with E-state index in [1.54, 1.807) is 29.3 Å². The van der Waals surface area contributed by atoms with Crippen molar-refractivity contribution >= 4 is 16.9 Å². The third kappa shape index (κ3) is 2.97. The monoisotopic (exact) mass is 342 g/mol. The fourth-order valence-corrected chi connectivity index (χ4v) is 3.28. The van der Waals surface area contributed by atoms with Crippen molar-refractivity contribution in [3.05, 3.63) is 59.7 Å². The van der Waals surface area contributed by atoms with Crippen LogP contribution < -0.4 is 0 Å². The Morgan fingerprint density at radius 2 is 2.20 bits per heavy atom. The second kappa shape index (κ2) is 6.23. The summed E-state index contributed by atoms with van der Waals surface area (Å²) in [5, 5.41) is 0. The van der Waals surface area contributed by atoms with E-state index < -0.39 is 6.43 Å². The number of carbonyl (C=O) groups excluding carboxylic acids is 1. The summed E-state index contributed by atoms with van der Waals surface area (Å²) in [6.07, 6.45) is 1.79. The number of benzene rings is 1. The van der Waals surface area contributed by atoms with Gasteiger partial charge in [-0.15, -0.1) is 0 Å². The Balaban J connectivity index is 1.54. The van der Waals surface area contributed by atoms with E-state index in [1.807, 2.05) is 18.3 Å². The molecule has 25 heavy (non-hydrogen) atoms. The van der Waals surface area contributed by atoms with Crippen molar-refractivity contribution < 1.29 is 13.6 Å². The first-order chi connectivity index (χ1) is 12.1. The number of hydrogen-bond acceptors (Lipinski definition) is 3. The molecule has 1 aromatic carbocycles. The Hall–Kier alpha value is -2.83. The highest BCUT2D eigenvalue weighted by Crippen LogP contribution is 2.28. The molecule has 0 aliphatic carbocycles. The van der Waals surface area contributed by atoms with Gasteiger partial charge in [0.05, 0.1) is 11.0 Å². The van der Waals surface area contributed by atoms with Gasteiger partial charge in [-0.25, -0.2) is 13.8 Å². The highest BCUT2D eigenvalue weighted by Gasteiger charge is 2.28. The van der Waals surface area contributed by atoms with Crippen LogP contribution in [-0.4, -0.2) is 38.8 Å². The van der Waals surface area contributed by atoms with Gasteiger partial charge in [-0.2, -0.15) is 0 Å². The Morgan fingerprint density at radius 3 is 2.96 bits per heavy atom. The molecule has 1 aliphatic rings. The van der Waals surface area contributed by atoms with Crippen molar-refractivity contribution in [2.24, 2.45) is 0 Å². The number of nitrogens with one attached hydrogen (secondary N) is 1. The number of likely N-dealkylation sites (tertiary alicyclic amines) is 1. The number of hydrogen-bond donors (Lipinski definition) is 1. The molecule has 0 bridgehead atoms. The van der Waals surface area contributed by atoms with E-state index in [0.717, 1.165) is 12.0 Å². The van der Waals surface area contributed by atoms with Gasteiger partial charge in [0.15, 0.2) is 5.82 Å². The Kier molecular flexibility index (Phi) is 3.91. The maximum absolute atomic E-state index is 12.7. The molecule has 1 fully saturated rings. The summed E-state index contributed by atoms with van der Waals surface area (Å²) >= 11 is 0. The van der Waals surface area contributed by atoms with Crippen LogP contribution in [0.3, 0.4) is 0 Å². The summed E-state index contributed by atoms with van der Waals surface area (Å²) in [6, 6.07) is 8.74. The lowest BCUT2D eigenvalue weighted by molar-refractivity contribution is 0.0791. The molecule has 7 heteroatoms. The van der Waals surface area contributed by atoms with E-state index in [9.17, 15) is 13.6 Å². The van der Waals surface area contributed by atoms with Crippen LogP contribution in [0.4, 0.5) is 8.78 Å². The summed E-state index contributed by atoms with van der Waals surface area (Å²) in [7, 11) is 0. The number of imidazole rings is 1. The van der Waals surface area contributed by atoms with E-state index in [4.69, 9.17) is 0 Å². The van der Waals surface area contributed by atoms with Gasteiger partial charge in [0, 0.05) is 37.0 Å². The van der Waals surface area contributed by atoms with Crippen molar-refractivity contribution in [1.29, 1.82) is 0 Å². The number of fused-ring (bicyclic) bond motifs is 1. The minimum absolute atomic E-state index is 0.0958. The number of halogens is 2. The van der Waals surface area contributed by atoms with Crippen LogP contribution in [0.25, 0.3) is 11.0 Å². The smallest absolute Gasteiger partial charge is 0.295 e. The molecular weight excluding hydrogens is 326 g/mol. The van der Waals surface area contributed by atoms with Gasteiger partial charge < -0.3 is 9.88 Å². The number of amides is 1. The minimum atomic E-state index is -2.66. The van der Waals surface area contributed by atoms with Gasteiger partial charge in [0.1, 0.15) is 0 Å². The molecule has 1 amide bonds. The Labute approximate surface area is 142 Å². The van der Waals surface area contributed by atoms with Gasteiger partial charge in [-0.1, -0.05) is 6.07 Å². The quantitative estimate of drug-likeness (QED) is 0.792. The lowest BCUT2D eigenvalue weighted by atomic mass is 10.0. The van der Waals surface area contributed by atoms with Gasteiger partial charge in [0.2, 0.25) is 0 Å². The molecule has 2 aromatic heterocycles. The number of alkyl halides is 2. The van der Waals surface area contributed by atoms with Gasteiger partial charge >= 0.3 is 0 Å². The van der Waals surface area contributed by atoms with Crippen LogP contribution in [0.1, 0.15) is 40.5 Å². The second-order valence-corrected chi connectivity index (χ2v) is 6.18. The maximum atomic E-state index is 12.7. The van der Waals surface area contributed by atoms with Gasteiger partial charge in [0.25, 0.3) is 12.3 Å². The Morgan fingerprint density at radius 1 is 1.32 bits per heavy atom. The average Bonchev–Trinajstić information content (AvgIpc) is 3.28. The predicted molar refractivity (Wildman–Crippen MR) is 88.5 cm³/mol. The van der Waals surface area contributed by atoms with Crippen LogP contribution >= 0.6 is 0 Å². The first-order valence-corrected chi connectivity index (χ1v) is 8.09. The third-order valence-corrected chi connectivity index (χ3v) is 4.59. The number of rotatable bonds is 3. The first kappa shape index (κ1) is 15.7. The molecule has 0 saturated carbocycles. The molecule has 0 radical (unpaired) electrons. The summed E-state index contributed by atoms with van der Waals surface area (Å²) in [5.41, 5.74) is 2.48. The number of aromatic amines is 1. The number of carbonyl (C=O) groups is 1. The minimum Gasteiger partial charge on any atom is -0.338 e. The lowest BCUT2D eigenvalue weighted by Gasteiger charge is -2.16.